The lowest BCUT2D eigenvalue weighted by atomic mass is 9.98. The molecule has 7 nitrogen and oxygen atoms in total. The molecule has 0 saturated heterocycles. The van der Waals surface area contributed by atoms with Gasteiger partial charge in [-0.1, -0.05) is 0 Å². The molecule has 0 atom stereocenters. The number of carbonyl (C=O) groups is 2. The zero-order valence-electron chi connectivity index (χ0n) is 19.3. The van der Waals surface area contributed by atoms with Crippen molar-refractivity contribution in [2.45, 2.75) is 47.5 Å². The third kappa shape index (κ3) is 4.26. The van der Waals surface area contributed by atoms with Crippen LogP contribution in [0, 0.1) is 27.7 Å². The lowest BCUT2D eigenvalue weighted by Crippen LogP contribution is -2.17. The Kier molecular flexibility index (Phi) is 5.80. The maximum absolute atomic E-state index is 12.7. The lowest BCUT2D eigenvalue weighted by Gasteiger charge is -2.10. The van der Waals surface area contributed by atoms with E-state index in [1.54, 1.807) is 24.3 Å². The van der Waals surface area contributed by atoms with Gasteiger partial charge in [0.1, 0.15) is 16.9 Å². The topological polar surface area (TPSA) is 102 Å². The molecular formula is C26H26N2O5. The van der Waals surface area contributed by atoms with E-state index in [0.29, 0.717) is 22.5 Å². The van der Waals surface area contributed by atoms with Gasteiger partial charge in [-0.15, -0.1) is 0 Å². The van der Waals surface area contributed by atoms with Crippen LogP contribution in [0.1, 0.15) is 41.4 Å². The van der Waals surface area contributed by atoms with Gasteiger partial charge in [-0.3, -0.25) is 9.59 Å². The van der Waals surface area contributed by atoms with Gasteiger partial charge in [0.05, 0.1) is 0 Å². The van der Waals surface area contributed by atoms with E-state index in [4.69, 9.17) is 8.83 Å². The molecule has 0 bridgehead atoms. The van der Waals surface area contributed by atoms with Crippen LogP contribution in [0.25, 0.3) is 21.9 Å². The fraction of sp³-hybridized carbons (Fsp3) is 0.269. The SMILES string of the molecule is CC(=O)Nc1ccc(NC(=O)CCc2c(C)c3cc4c(C)c(C)oc4c(C)c3oc2=O)cc1. The monoisotopic (exact) mass is 446 g/mol. The van der Waals surface area contributed by atoms with Crippen molar-refractivity contribution >= 4 is 45.1 Å². The summed E-state index contributed by atoms with van der Waals surface area (Å²) in [6.45, 7) is 9.14. The Morgan fingerprint density at radius 2 is 1.39 bits per heavy atom. The van der Waals surface area contributed by atoms with Crippen molar-refractivity contribution in [3.05, 3.63) is 68.8 Å². The van der Waals surface area contributed by atoms with Gasteiger partial charge in [0.25, 0.3) is 0 Å². The third-order valence-corrected chi connectivity index (χ3v) is 6.04. The molecule has 0 aliphatic rings. The second kappa shape index (κ2) is 8.58. The Bertz CT molecular complexity index is 1460. The number of aryl methyl sites for hydroxylation is 4. The van der Waals surface area contributed by atoms with Crippen molar-refractivity contribution in [1.29, 1.82) is 0 Å². The molecule has 0 spiro atoms. The van der Waals surface area contributed by atoms with Crippen molar-refractivity contribution in [1.82, 2.24) is 0 Å². The summed E-state index contributed by atoms with van der Waals surface area (Å²) < 4.78 is 11.5. The van der Waals surface area contributed by atoms with E-state index in [-0.39, 0.29) is 24.7 Å². The minimum Gasteiger partial charge on any atom is -0.461 e. The van der Waals surface area contributed by atoms with Gasteiger partial charge < -0.3 is 19.5 Å². The maximum Gasteiger partial charge on any atom is 0.339 e. The molecule has 0 aliphatic carbocycles. The highest BCUT2D eigenvalue weighted by Gasteiger charge is 2.19. The molecule has 2 N–H and O–H groups in total. The summed E-state index contributed by atoms with van der Waals surface area (Å²) in [5.74, 6) is 0.463. The van der Waals surface area contributed by atoms with Gasteiger partial charge in [-0.25, -0.2) is 4.79 Å². The van der Waals surface area contributed by atoms with Crippen LogP contribution in [-0.4, -0.2) is 11.8 Å². The Balaban J connectivity index is 1.56. The highest BCUT2D eigenvalue weighted by atomic mass is 16.4. The molecule has 7 heteroatoms. The number of fused-ring (bicyclic) bond motifs is 2. The molecule has 0 aliphatic heterocycles. The summed E-state index contributed by atoms with van der Waals surface area (Å²) in [6.07, 6.45) is 0.399. The first-order chi connectivity index (χ1) is 15.7. The van der Waals surface area contributed by atoms with Crippen molar-refractivity contribution in [3.63, 3.8) is 0 Å². The number of rotatable bonds is 5. The van der Waals surface area contributed by atoms with Gasteiger partial charge >= 0.3 is 5.63 Å². The van der Waals surface area contributed by atoms with Crippen LogP contribution in [0.15, 0.2) is 44.0 Å². The first kappa shape index (κ1) is 22.3. The summed E-state index contributed by atoms with van der Waals surface area (Å²) in [5.41, 5.74) is 5.25. The van der Waals surface area contributed by atoms with E-state index < -0.39 is 5.63 Å². The van der Waals surface area contributed by atoms with E-state index in [0.717, 1.165) is 38.8 Å². The first-order valence-corrected chi connectivity index (χ1v) is 10.8. The largest absolute Gasteiger partial charge is 0.461 e. The van der Waals surface area contributed by atoms with Crippen molar-refractivity contribution in [2.75, 3.05) is 10.6 Å². The number of anilines is 2. The number of amides is 2. The van der Waals surface area contributed by atoms with Crippen molar-refractivity contribution in [2.24, 2.45) is 0 Å². The van der Waals surface area contributed by atoms with Crippen molar-refractivity contribution in [3.8, 4) is 0 Å². The zero-order chi connectivity index (χ0) is 23.9. The third-order valence-electron chi connectivity index (χ3n) is 6.04. The van der Waals surface area contributed by atoms with E-state index in [1.807, 2.05) is 33.8 Å². The molecule has 0 fully saturated rings. The number of carbonyl (C=O) groups excluding carboxylic acids is 2. The first-order valence-electron chi connectivity index (χ1n) is 10.8. The predicted octanol–water partition coefficient (Wildman–Crippen LogP) is 5.30. The molecule has 33 heavy (non-hydrogen) atoms. The number of hydrogen-bond acceptors (Lipinski definition) is 5. The van der Waals surface area contributed by atoms with Crippen LogP contribution in [0.3, 0.4) is 0 Å². The molecule has 2 heterocycles. The number of hydrogen-bond donors (Lipinski definition) is 2. The van der Waals surface area contributed by atoms with Gasteiger partial charge in [0, 0.05) is 46.6 Å². The van der Waals surface area contributed by atoms with E-state index in [9.17, 15) is 14.4 Å². The van der Waals surface area contributed by atoms with Crippen LogP contribution in [-0.2, 0) is 16.0 Å². The molecule has 170 valence electrons. The summed E-state index contributed by atoms with van der Waals surface area (Å²) in [6, 6.07) is 8.84. The van der Waals surface area contributed by atoms with Crippen LogP contribution < -0.4 is 16.3 Å². The lowest BCUT2D eigenvalue weighted by molar-refractivity contribution is -0.116. The highest BCUT2D eigenvalue weighted by Crippen LogP contribution is 2.34. The molecular weight excluding hydrogens is 420 g/mol. The zero-order valence-corrected chi connectivity index (χ0v) is 19.3. The Hall–Kier alpha value is -3.87. The summed E-state index contributed by atoms with van der Waals surface area (Å²) in [4.78, 5) is 36.3. The standard InChI is InChI=1S/C26H26N2O5/c1-13-16(4)32-24-15(3)25-22(12-21(13)24)14(2)20(26(31)33-25)10-11-23(30)28-19-8-6-18(7-9-19)27-17(5)29/h6-9,12H,10-11H2,1-5H3,(H,27,29)(H,28,30). The highest BCUT2D eigenvalue weighted by molar-refractivity contribution is 6.00. The molecule has 2 amide bonds. The molecule has 0 unspecified atom stereocenters. The van der Waals surface area contributed by atoms with Crippen LogP contribution in [0.4, 0.5) is 11.4 Å². The summed E-state index contributed by atoms with van der Waals surface area (Å²) >= 11 is 0. The molecule has 4 rings (SSSR count). The van der Waals surface area contributed by atoms with Gasteiger partial charge in [0.15, 0.2) is 0 Å². The van der Waals surface area contributed by atoms with Crippen molar-refractivity contribution < 1.29 is 18.4 Å². The molecule has 0 saturated carbocycles. The maximum atomic E-state index is 12.7. The molecule has 2 aromatic heterocycles. The van der Waals surface area contributed by atoms with Gasteiger partial charge in [-0.05, 0) is 75.6 Å². The van der Waals surface area contributed by atoms with Crippen LogP contribution in [0.5, 0.6) is 0 Å². The Morgan fingerprint density at radius 1 is 0.818 bits per heavy atom. The van der Waals surface area contributed by atoms with Crippen LogP contribution in [0.2, 0.25) is 0 Å². The van der Waals surface area contributed by atoms with E-state index in [1.165, 1.54) is 6.92 Å². The van der Waals surface area contributed by atoms with Gasteiger partial charge in [0.2, 0.25) is 11.8 Å². The van der Waals surface area contributed by atoms with E-state index in [2.05, 4.69) is 10.6 Å². The molecule has 4 aromatic rings. The Labute approximate surface area is 190 Å². The summed E-state index contributed by atoms with van der Waals surface area (Å²) in [7, 11) is 0. The minimum absolute atomic E-state index is 0.135. The average molecular weight is 447 g/mol. The fourth-order valence-electron chi connectivity index (χ4n) is 4.08. The predicted molar refractivity (Wildman–Crippen MR) is 129 cm³/mol. The fourth-order valence-corrected chi connectivity index (χ4v) is 4.08. The quantitative estimate of drug-likeness (QED) is 0.405. The number of nitrogens with one attached hydrogen (secondary N) is 2. The van der Waals surface area contributed by atoms with E-state index >= 15 is 0 Å². The average Bonchev–Trinajstić information content (AvgIpc) is 3.04. The second-order valence-electron chi connectivity index (χ2n) is 8.34. The molecule has 2 aromatic carbocycles. The molecule has 0 radical (unpaired) electrons. The van der Waals surface area contributed by atoms with Crippen LogP contribution >= 0.6 is 0 Å². The van der Waals surface area contributed by atoms with Gasteiger partial charge in [-0.2, -0.15) is 0 Å². The minimum atomic E-state index is -0.435. The Morgan fingerprint density at radius 3 is 2.03 bits per heavy atom. The second-order valence-corrected chi connectivity index (χ2v) is 8.34. The summed E-state index contributed by atoms with van der Waals surface area (Å²) in [5, 5.41) is 7.35. The smallest absolute Gasteiger partial charge is 0.339 e. The number of benzene rings is 2. The number of furan rings is 1. The normalized spacial score (nSPS) is 11.2.